The normalized spacial score (nSPS) is 12.8. The first-order chi connectivity index (χ1) is 15.0. The number of carbonyl (C=O) groups is 2. The van der Waals surface area contributed by atoms with E-state index in [0.717, 1.165) is 21.8 Å². The van der Waals surface area contributed by atoms with Gasteiger partial charge < -0.3 is 15.4 Å². The maximum Gasteiger partial charge on any atom is 0.263 e. The molecular formula is C23H22FN3O3S. The van der Waals surface area contributed by atoms with Crippen molar-refractivity contribution in [2.24, 2.45) is 0 Å². The van der Waals surface area contributed by atoms with Gasteiger partial charge in [-0.1, -0.05) is 12.1 Å². The number of ether oxygens (including phenoxy) is 1. The number of benzene rings is 2. The minimum absolute atomic E-state index is 0.0306. The van der Waals surface area contributed by atoms with Crippen molar-refractivity contribution in [1.29, 1.82) is 0 Å². The zero-order valence-electron chi connectivity index (χ0n) is 17.0. The highest BCUT2D eigenvalue weighted by atomic mass is 32.1. The van der Waals surface area contributed by atoms with E-state index in [0.29, 0.717) is 48.7 Å². The fourth-order valence-corrected chi connectivity index (χ4v) is 4.39. The van der Waals surface area contributed by atoms with Crippen molar-refractivity contribution in [1.82, 2.24) is 10.3 Å². The van der Waals surface area contributed by atoms with Crippen LogP contribution in [0.2, 0.25) is 0 Å². The number of aryl methyl sites for hydroxylation is 2. The Labute approximate surface area is 183 Å². The van der Waals surface area contributed by atoms with Crippen LogP contribution in [0.3, 0.4) is 0 Å². The Morgan fingerprint density at radius 2 is 2.03 bits per heavy atom. The van der Waals surface area contributed by atoms with Gasteiger partial charge in [0, 0.05) is 18.5 Å². The molecule has 0 radical (unpaired) electrons. The molecule has 0 fully saturated rings. The molecule has 0 spiro atoms. The fourth-order valence-electron chi connectivity index (χ4n) is 3.38. The van der Waals surface area contributed by atoms with Crippen molar-refractivity contribution >= 4 is 28.8 Å². The topological polar surface area (TPSA) is 80.3 Å². The Hall–Kier alpha value is -3.26. The van der Waals surface area contributed by atoms with E-state index >= 15 is 0 Å². The molecule has 6 nitrogen and oxygen atoms in total. The van der Waals surface area contributed by atoms with E-state index in [1.807, 2.05) is 19.1 Å². The molecule has 2 amide bonds. The number of nitrogens with zero attached hydrogens (tertiary/aromatic N) is 1. The summed E-state index contributed by atoms with van der Waals surface area (Å²) in [5, 5.41) is 6.51. The zero-order chi connectivity index (χ0) is 21.8. The summed E-state index contributed by atoms with van der Waals surface area (Å²) in [5.41, 5.74) is 3.50. The van der Waals surface area contributed by atoms with Crippen LogP contribution in [0.1, 0.15) is 37.9 Å². The van der Waals surface area contributed by atoms with Crippen LogP contribution in [0.4, 0.5) is 10.1 Å². The number of aromatic nitrogens is 1. The van der Waals surface area contributed by atoms with Gasteiger partial charge in [-0.15, -0.1) is 11.3 Å². The lowest BCUT2D eigenvalue weighted by molar-refractivity contribution is -0.116. The number of hydrogen-bond acceptors (Lipinski definition) is 5. The molecule has 0 aliphatic carbocycles. The average Bonchev–Trinajstić information content (AvgIpc) is 3.13. The molecular weight excluding hydrogens is 417 g/mol. The lowest BCUT2D eigenvalue weighted by atomic mass is 10.0. The van der Waals surface area contributed by atoms with E-state index in [4.69, 9.17) is 4.74 Å². The lowest BCUT2D eigenvalue weighted by Crippen LogP contribution is -2.28. The van der Waals surface area contributed by atoms with Crippen LogP contribution in [0.25, 0.3) is 0 Å². The van der Waals surface area contributed by atoms with Crippen LogP contribution in [0.15, 0.2) is 42.5 Å². The summed E-state index contributed by atoms with van der Waals surface area (Å²) >= 11 is 1.34. The van der Waals surface area contributed by atoms with Crippen molar-refractivity contribution in [3.05, 3.63) is 75.0 Å². The number of anilines is 1. The molecule has 1 aliphatic rings. The second kappa shape index (κ2) is 9.26. The quantitative estimate of drug-likeness (QED) is 0.548. The van der Waals surface area contributed by atoms with Crippen LogP contribution in [-0.4, -0.2) is 29.9 Å². The van der Waals surface area contributed by atoms with Gasteiger partial charge in [0.1, 0.15) is 23.1 Å². The first-order valence-electron chi connectivity index (χ1n) is 10.0. The smallest absolute Gasteiger partial charge is 0.263 e. The third-order valence-corrected chi connectivity index (χ3v) is 6.10. The van der Waals surface area contributed by atoms with Gasteiger partial charge in [0.15, 0.2) is 0 Å². The van der Waals surface area contributed by atoms with Crippen molar-refractivity contribution in [3.8, 4) is 5.75 Å². The van der Waals surface area contributed by atoms with Crippen molar-refractivity contribution < 1.29 is 18.7 Å². The first kappa shape index (κ1) is 21.0. The minimum Gasteiger partial charge on any atom is -0.492 e. The van der Waals surface area contributed by atoms with E-state index in [-0.39, 0.29) is 17.6 Å². The molecule has 1 aromatic heterocycles. The molecule has 2 heterocycles. The average molecular weight is 440 g/mol. The van der Waals surface area contributed by atoms with Gasteiger partial charge in [-0.3, -0.25) is 9.59 Å². The number of nitrogens with one attached hydrogen (secondary N) is 2. The van der Waals surface area contributed by atoms with E-state index < -0.39 is 0 Å². The third-order valence-electron chi connectivity index (χ3n) is 4.94. The van der Waals surface area contributed by atoms with Gasteiger partial charge in [-0.25, -0.2) is 9.37 Å². The predicted molar refractivity (Wildman–Crippen MR) is 117 cm³/mol. The molecule has 2 N–H and O–H groups in total. The van der Waals surface area contributed by atoms with Crippen molar-refractivity contribution in [2.75, 3.05) is 18.5 Å². The van der Waals surface area contributed by atoms with Gasteiger partial charge >= 0.3 is 0 Å². The molecule has 0 atom stereocenters. The van der Waals surface area contributed by atoms with E-state index in [2.05, 4.69) is 15.6 Å². The predicted octanol–water partition coefficient (Wildman–Crippen LogP) is 3.87. The number of amides is 2. The fraction of sp³-hybridized carbons (Fsp3) is 0.261. The molecule has 1 aliphatic heterocycles. The maximum absolute atomic E-state index is 13.1. The summed E-state index contributed by atoms with van der Waals surface area (Å²) in [6.45, 7) is 2.50. The van der Waals surface area contributed by atoms with Gasteiger partial charge in [-0.2, -0.15) is 0 Å². The zero-order valence-corrected chi connectivity index (χ0v) is 17.9. The van der Waals surface area contributed by atoms with Crippen LogP contribution in [-0.2, 0) is 17.6 Å². The molecule has 4 rings (SSSR count). The van der Waals surface area contributed by atoms with Gasteiger partial charge in [0.2, 0.25) is 5.91 Å². The highest BCUT2D eigenvalue weighted by Crippen LogP contribution is 2.26. The second-order valence-electron chi connectivity index (χ2n) is 7.30. The molecule has 3 aromatic rings. The Bertz CT molecular complexity index is 1110. The van der Waals surface area contributed by atoms with Crippen LogP contribution < -0.4 is 15.4 Å². The molecule has 0 saturated heterocycles. The van der Waals surface area contributed by atoms with E-state index in [1.165, 1.54) is 23.5 Å². The lowest BCUT2D eigenvalue weighted by Gasteiger charge is -2.17. The summed E-state index contributed by atoms with van der Waals surface area (Å²) in [4.78, 5) is 29.0. The van der Waals surface area contributed by atoms with Gasteiger partial charge in [0.05, 0.1) is 17.2 Å². The summed E-state index contributed by atoms with van der Waals surface area (Å²) in [7, 11) is 0. The molecule has 0 saturated carbocycles. The Balaban J connectivity index is 1.28. The standard InChI is InChI=1S/C23H22FN3O3S/c1-14-22(31-21(26-14)12-15-2-5-17(24)6-3-15)23(29)25-10-11-30-18-7-8-19-16(13-18)4-9-20(28)27-19/h2-3,5-8,13H,4,9-12H2,1H3,(H,25,29)(H,27,28). The van der Waals surface area contributed by atoms with E-state index in [9.17, 15) is 14.0 Å². The maximum atomic E-state index is 13.1. The summed E-state index contributed by atoms with van der Waals surface area (Å²) in [5.74, 6) is 0.281. The Morgan fingerprint density at radius 1 is 1.23 bits per heavy atom. The van der Waals surface area contributed by atoms with Crippen molar-refractivity contribution in [3.63, 3.8) is 0 Å². The SMILES string of the molecule is Cc1nc(Cc2ccc(F)cc2)sc1C(=O)NCCOc1ccc2c(c1)CCC(=O)N2. The van der Waals surface area contributed by atoms with Gasteiger partial charge in [0.25, 0.3) is 5.91 Å². The van der Waals surface area contributed by atoms with Gasteiger partial charge in [-0.05, 0) is 54.8 Å². The molecule has 0 bridgehead atoms. The number of hydrogen-bond donors (Lipinski definition) is 2. The van der Waals surface area contributed by atoms with Crippen LogP contribution in [0, 0.1) is 12.7 Å². The first-order valence-corrected chi connectivity index (χ1v) is 10.8. The number of rotatable bonds is 7. The molecule has 8 heteroatoms. The van der Waals surface area contributed by atoms with Crippen LogP contribution >= 0.6 is 11.3 Å². The number of thiazole rings is 1. The monoisotopic (exact) mass is 439 g/mol. The number of carbonyl (C=O) groups excluding carboxylic acids is 2. The Kier molecular flexibility index (Phi) is 6.27. The second-order valence-corrected chi connectivity index (χ2v) is 8.38. The molecule has 2 aromatic carbocycles. The summed E-state index contributed by atoms with van der Waals surface area (Å²) < 4.78 is 18.8. The molecule has 31 heavy (non-hydrogen) atoms. The molecule has 160 valence electrons. The Morgan fingerprint density at radius 3 is 2.84 bits per heavy atom. The largest absolute Gasteiger partial charge is 0.492 e. The third kappa shape index (κ3) is 5.27. The number of fused-ring (bicyclic) bond motifs is 1. The van der Waals surface area contributed by atoms with Crippen molar-refractivity contribution in [2.45, 2.75) is 26.2 Å². The summed E-state index contributed by atoms with van der Waals surface area (Å²) in [6, 6.07) is 11.8. The van der Waals surface area contributed by atoms with Crippen LogP contribution in [0.5, 0.6) is 5.75 Å². The highest BCUT2D eigenvalue weighted by molar-refractivity contribution is 7.13. The van der Waals surface area contributed by atoms with E-state index in [1.54, 1.807) is 18.2 Å². The molecule has 0 unspecified atom stereocenters. The minimum atomic E-state index is -0.275. The summed E-state index contributed by atoms with van der Waals surface area (Å²) in [6.07, 6.45) is 1.73. The number of halogens is 1. The highest BCUT2D eigenvalue weighted by Gasteiger charge is 2.16.